The number of alkyl halides is 1. The second-order valence-corrected chi connectivity index (χ2v) is 5.58. The summed E-state index contributed by atoms with van der Waals surface area (Å²) in [6.45, 7) is 2.55. The number of halogens is 1. The van der Waals surface area contributed by atoms with Gasteiger partial charge in [0.25, 0.3) is 0 Å². The van der Waals surface area contributed by atoms with Crippen molar-refractivity contribution in [3.63, 3.8) is 0 Å². The van der Waals surface area contributed by atoms with Gasteiger partial charge in [-0.05, 0) is 31.0 Å². The lowest BCUT2D eigenvalue weighted by atomic mass is 10.1. The molecule has 4 nitrogen and oxygen atoms in total. The molecule has 2 heterocycles. The summed E-state index contributed by atoms with van der Waals surface area (Å²) in [7, 11) is 0. The van der Waals surface area contributed by atoms with E-state index in [0.29, 0.717) is 18.8 Å². The van der Waals surface area contributed by atoms with Gasteiger partial charge in [-0.3, -0.25) is 4.79 Å². The van der Waals surface area contributed by atoms with Crippen LogP contribution in [0.3, 0.4) is 0 Å². The molecule has 0 spiro atoms. The van der Waals surface area contributed by atoms with Crippen molar-refractivity contribution < 1.29 is 4.79 Å². The molecule has 0 radical (unpaired) electrons. The molecule has 1 amide bonds. The summed E-state index contributed by atoms with van der Waals surface area (Å²) in [5.74, 6) is 1.63. The lowest BCUT2D eigenvalue weighted by molar-refractivity contribution is -0.117. The molecule has 3 rings (SSSR count). The topological polar surface area (TPSA) is 46.1 Å². The SMILES string of the molecule is Cc1nccc(-c2cccc(N3CC(CCl)CC3=O)c2)n1. The molecular formula is C16H16ClN3O. The molecule has 1 aromatic heterocycles. The van der Waals surface area contributed by atoms with E-state index in [4.69, 9.17) is 11.6 Å². The number of aromatic nitrogens is 2. The molecule has 1 unspecified atom stereocenters. The van der Waals surface area contributed by atoms with E-state index in [1.165, 1.54) is 0 Å². The third kappa shape index (κ3) is 2.90. The third-order valence-corrected chi connectivity index (χ3v) is 4.09. The maximum Gasteiger partial charge on any atom is 0.227 e. The maximum absolute atomic E-state index is 12.1. The second-order valence-electron chi connectivity index (χ2n) is 5.27. The Morgan fingerprint density at radius 3 is 2.95 bits per heavy atom. The van der Waals surface area contributed by atoms with Crippen molar-refractivity contribution in [3.8, 4) is 11.3 Å². The van der Waals surface area contributed by atoms with Crippen LogP contribution in [0.1, 0.15) is 12.2 Å². The van der Waals surface area contributed by atoms with Gasteiger partial charge in [0.05, 0.1) is 5.69 Å². The summed E-state index contributed by atoms with van der Waals surface area (Å²) in [5, 5.41) is 0. The summed E-state index contributed by atoms with van der Waals surface area (Å²) in [6.07, 6.45) is 2.27. The predicted octanol–water partition coefficient (Wildman–Crippen LogP) is 3.04. The summed E-state index contributed by atoms with van der Waals surface area (Å²) in [4.78, 5) is 22.4. The molecule has 1 aliphatic rings. The molecule has 1 saturated heterocycles. The van der Waals surface area contributed by atoms with E-state index in [-0.39, 0.29) is 11.8 Å². The Labute approximate surface area is 128 Å². The van der Waals surface area contributed by atoms with E-state index in [2.05, 4.69) is 9.97 Å². The van der Waals surface area contributed by atoms with Gasteiger partial charge in [-0.25, -0.2) is 9.97 Å². The van der Waals surface area contributed by atoms with Crippen molar-refractivity contribution in [1.82, 2.24) is 9.97 Å². The van der Waals surface area contributed by atoms with Crippen LogP contribution < -0.4 is 4.90 Å². The van der Waals surface area contributed by atoms with E-state index < -0.39 is 0 Å². The molecule has 108 valence electrons. The zero-order chi connectivity index (χ0) is 14.8. The number of aryl methyl sites for hydroxylation is 1. The average molecular weight is 302 g/mol. The fourth-order valence-corrected chi connectivity index (χ4v) is 2.79. The van der Waals surface area contributed by atoms with Gasteiger partial charge in [0.2, 0.25) is 5.91 Å². The first-order chi connectivity index (χ1) is 10.2. The van der Waals surface area contributed by atoms with Crippen molar-refractivity contribution in [3.05, 3.63) is 42.4 Å². The van der Waals surface area contributed by atoms with Crippen molar-refractivity contribution >= 4 is 23.2 Å². The largest absolute Gasteiger partial charge is 0.312 e. The molecule has 0 aliphatic carbocycles. The molecule has 0 bridgehead atoms. The summed E-state index contributed by atoms with van der Waals surface area (Å²) in [6, 6.07) is 9.76. The average Bonchev–Trinajstić information content (AvgIpc) is 2.89. The first kappa shape index (κ1) is 14.0. The number of amides is 1. The number of nitrogens with zero attached hydrogens (tertiary/aromatic N) is 3. The number of benzene rings is 1. The zero-order valence-corrected chi connectivity index (χ0v) is 12.5. The third-order valence-electron chi connectivity index (χ3n) is 3.65. The predicted molar refractivity (Wildman–Crippen MR) is 83.4 cm³/mol. The van der Waals surface area contributed by atoms with Crippen molar-refractivity contribution in [2.75, 3.05) is 17.3 Å². The van der Waals surface area contributed by atoms with E-state index in [1.807, 2.05) is 42.2 Å². The first-order valence-electron chi connectivity index (χ1n) is 6.94. The van der Waals surface area contributed by atoms with Crippen LogP contribution in [0.4, 0.5) is 5.69 Å². The molecule has 1 aliphatic heterocycles. The van der Waals surface area contributed by atoms with E-state index in [1.54, 1.807) is 6.20 Å². The monoisotopic (exact) mass is 301 g/mol. The number of anilines is 1. The van der Waals surface area contributed by atoms with Crippen molar-refractivity contribution in [2.45, 2.75) is 13.3 Å². The lowest BCUT2D eigenvalue weighted by Gasteiger charge is -2.17. The number of hydrogen-bond donors (Lipinski definition) is 0. The van der Waals surface area contributed by atoms with Crippen LogP contribution in [0.25, 0.3) is 11.3 Å². The molecule has 5 heteroatoms. The fourth-order valence-electron chi connectivity index (χ4n) is 2.58. The van der Waals surface area contributed by atoms with Gasteiger partial charge in [0.1, 0.15) is 5.82 Å². The molecule has 2 aromatic rings. The van der Waals surface area contributed by atoms with Crippen LogP contribution in [-0.4, -0.2) is 28.3 Å². The molecule has 21 heavy (non-hydrogen) atoms. The minimum absolute atomic E-state index is 0.136. The highest BCUT2D eigenvalue weighted by Gasteiger charge is 2.29. The number of hydrogen-bond acceptors (Lipinski definition) is 3. The van der Waals surface area contributed by atoms with Crippen molar-refractivity contribution in [2.24, 2.45) is 5.92 Å². The fraction of sp³-hybridized carbons (Fsp3) is 0.312. The minimum Gasteiger partial charge on any atom is -0.312 e. The molecule has 1 atom stereocenters. The van der Waals surface area contributed by atoms with Crippen LogP contribution in [0.5, 0.6) is 0 Å². The first-order valence-corrected chi connectivity index (χ1v) is 7.47. The Balaban J connectivity index is 1.92. The van der Waals surface area contributed by atoms with E-state index >= 15 is 0 Å². The summed E-state index contributed by atoms with van der Waals surface area (Å²) in [5.41, 5.74) is 2.76. The number of carbonyl (C=O) groups is 1. The standard InChI is InChI=1S/C16H16ClN3O/c1-11-18-6-5-15(19-11)13-3-2-4-14(8-13)20-10-12(9-17)7-16(20)21/h2-6,8,12H,7,9-10H2,1H3. The zero-order valence-electron chi connectivity index (χ0n) is 11.8. The highest BCUT2D eigenvalue weighted by Crippen LogP contribution is 2.28. The molecular weight excluding hydrogens is 286 g/mol. The van der Waals surface area contributed by atoms with Gasteiger partial charge in [-0.15, -0.1) is 11.6 Å². The van der Waals surface area contributed by atoms with Gasteiger partial charge in [0.15, 0.2) is 0 Å². The molecule has 1 aromatic carbocycles. The highest BCUT2D eigenvalue weighted by atomic mass is 35.5. The van der Waals surface area contributed by atoms with Crippen LogP contribution in [0.15, 0.2) is 36.5 Å². The highest BCUT2D eigenvalue weighted by molar-refractivity contribution is 6.18. The van der Waals surface area contributed by atoms with Gasteiger partial charge >= 0.3 is 0 Å². The Morgan fingerprint density at radius 1 is 1.38 bits per heavy atom. The summed E-state index contributed by atoms with van der Waals surface area (Å²) < 4.78 is 0. The van der Waals surface area contributed by atoms with Crippen molar-refractivity contribution in [1.29, 1.82) is 0 Å². The molecule has 0 N–H and O–H groups in total. The van der Waals surface area contributed by atoms with E-state index in [0.717, 1.165) is 22.8 Å². The normalized spacial score (nSPS) is 18.3. The second kappa shape index (κ2) is 5.82. The number of rotatable bonds is 3. The van der Waals surface area contributed by atoms with Gasteiger partial charge < -0.3 is 4.90 Å². The molecule has 1 fully saturated rings. The van der Waals surface area contributed by atoms with Crippen LogP contribution in [0.2, 0.25) is 0 Å². The van der Waals surface area contributed by atoms with Gasteiger partial charge in [-0.1, -0.05) is 12.1 Å². The minimum atomic E-state index is 0.136. The van der Waals surface area contributed by atoms with Crippen LogP contribution in [-0.2, 0) is 4.79 Å². The van der Waals surface area contributed by atoms with Crippen LogP contribution >= 0.6 is 11.6 Å². The van der Waals surface area contributed by atoms with Gasteiger partial charge in [0, 0.05) is 36.3 Å². The molecule has 0 saturated carbocycles. The van der Waals surface area contributed by atoms with Gasteiger partial charge in [-0.2, -0.15) is 0 Å². The summed E-state index contributed by atoms with van der Waals surface area (Å²) >= 11 is 5.87. The Bertz CT molecular complexity index is 674. The lowest BCUT2D eigenvalue weighted by Crippen LogP contribution is -2.24. The smallest absolute Gasteiger partial charge is 0.227 e. The number of carbonyl (C=O) groups excluding carboxylic acids is 1. The van der Waals surface area contributed by atoms with Crippen LogP contribution in [0, 0.1) is 12.8 Å². The Hall–Kier alpha value is -1.94. The van der Waals surface area contributed by atoms with E-state index in [9.17, 15) is 4.79 Å². The quantitative estimate of drug-likeness (QED) is 0.819. The Morgan fingerprint density at radius 2 is 2.24 bits per heavy atom. The maximum atomic E-state index is 12.1. The Kier molecular flexibility index (Phi) is 3.88.